The zero-order valence-electron chi connectivity index (χ0n) is 5.44. The van der Waals surface area contributed by atoms with Crippen LogP contribution < -0.4 is 0 Å². The van der Waals surface area contributed by atoms with Gasteiger partial charge in [-0.1, -0.05) is 0 Å². The fraction of sp³-hybridized carbons (Fsp3) is 0. The van der Waals surface area contributed by atoms with Gasteiger partial charge in [-0.25, -0.2) is 0 Å². The van der Waals surface area contributed by atoms with Crippen molar-refractivity contribution in [2.45, 2.75) is 0 Å². The van der Waals surface area contributed by atoms with Crippen molar-refractivity contribution in [3.63, 3.8) is 0 Å². The molecule has 2 heterocycles. The Morgan fingerprint density at radius 2 is 2.27 bits per heavy atom. The number of nitrogens with one attached hydrogen (secondary N) is 1. The molecule has 0 saturated carbocycles. The van der Waals surface area contributed by atoms with E-state index in [1.54, 1.807) is 6.20 Å². The summed E-state index contributed by atoms with van der Waals surface area (Å²) in [6.45, 7) is 0. The summed E-state index contributed by atoms with van der Waals surface area (Å²) in [7, 11) is 0. The lowest BCUT2D eigenvalue weighted by molar-refractivity contribution is 1.33. The number of aromatic nitrogens is 2. The summed E-state index contributed by atoms with van der Waals surface area (Å²) in [6.07, 6.45) is 5.60. The van der Waals surface area contributed by atoms with Crippen LogP contribution in [0.2, 0.25) is 0 Å². The average molecular weight is 323 g/mol. The van der Waals surface area contributed by atoms with Gasteiger partial charge in [-0.05, 0) is 38.5 Å². The summed E-state index contributed by atoms with van der Waals surface area (Å²) in [5, 5.41) is 1.21. The quantitative estimate of drug-likeness (QED) is 0.742. The van der Waals surface area contributed by atoms with Crippen LogP contribution in [0.1, 0.15) is 0 Å². The van der Waals surface area contributed by atoms with Gasteiger partial charge in [0.2, 0.25) is 0 Å². The minimum atomic E-state index is 1.04. The van der Waals surface area contributed by atoms with Gasteiger partial charge in [0.25, 0.3) is 0 Å². The number of hydrogen-bond donors (Lipinski definition) is 1. The van der Waals surface area contributed by atoms with Gasteiger partial charge in [0.15, 0.2) is 0 Å². The Morgan fingerprint density at radius 1 is 1.45 bits per heavy atom. The highest BCUT2D eigenvalue weighted by Crippen LogP contribution is 2.26. The Morgan fingerprint density at radius 3 is 3.00 bits per heavy atom. The van der Waals surface area contributed by atoms with E-state index in [0.717, 1.165) is 9.99 Å². The zero-order valence-corrected chi connectivity index (χ0v) is 9.18. The molecular formula is C7H4BrIN2. The molecule has 4 heteroatoms. The Kier molecular flexibility index (Phi) is 1.88. The number of pyridine rings is 1. The third-order valence-corrected chi connectivity index (χ3v) is 2.94. The van der Waals surface area contributed by atoms with Gasteiger partial charge in [-0.15, -0.1) is 0 Å². The van der Waals surface area contributed by atoms with E-state index in [9.17, 15) is 0 Å². The first-order valence-electron chi connectivity index (χ1n) is 3.05. The van der Waals surface area contributed by atoms with Crippen LogP contribution in [0, 0.1) is 3.57 Å². The maximum atomic E-state index is 4.04. The van der Waals surface area contributed by atoms with Gasteiger partial charge < -0.3 is 4.98 Å². The highest BCUT2D eigenvalue weighted by atomic mass is 127. The lowest BCUT2D eigenvalue weighted by Gasteiger charge is -1.91. The second-order valence-corrected chi connectivity index (χ2v) is 4.20. The third-order valence-electron chi connectivity index (χ3n) is 1.49. The van der Waals surface area contributed by atoms with Gasteiger partial charge in [0.1, 0.15) is 0 Å². The van der Waals surface area contributed by atoms with E-state index in [0.29, 0.717) is 0 Å². The molecule has 0 spiro atoms. The molecule has 0 aliphatic rings. The van der Waals surface area contributed by atoms with Gasteiger partial charge in [0.05, 0.1) is 11.7 Å². The minimum Gasteiger partial charge on any atom is -0.359 e. The molecule has 0 fully saturated rings. The molecule has 0 saturated heterocycles. The van der Waals surface area contributed by atoms with Crippen LogP contribution in [-0.2, 0) is 0 Å². The summed E-state index contributed by atoms with van der Waals surface area (Å²) >= 11 is 5.73. The minimum absolute atomic E-state index is 1.04. The monoisotopic (exact) mass is 322 g/mol. The van der Waals surface area contributed by atoms with Crippen molar-refractivity contribution in [3.8, 4) is 0 Å². The summed E-state index contributed by atoms with van der Waals surface area (Å²) < 4.78 is 2.26. The first kappa shape index (κ1) is 7.54. The molecule has 0 radical (unpaired) electrons. The molecule has 0 amide bonds. The normalized spacial score (nSPS) is 10.7. The Hall–Kier alpha value is -0.100. The number of rotatable bonds is 0. The molecule has 2 rings (SSSR count). The van der Waals surface area contributed by atoms with Crippen LogP contribution in [-0.4, -0.2) is 9.97 Å². The molecule has 2 aromatic heterocycles. The maximum absolute atomic E-state index is 4.04. The van der Waals surface area contributed by atoms with E-state index >= 15 is 0 Å². The van der Waals surface area contributed by atoms with E-state index in [1.807, 2.05) is 12.4 Å². The lowest BCUT2D eigenvalue weighted by atomic mass is 10.3. The predicted molar refractivity (Wildman–Crippen MR) is 56.5 cm³/mol. The molecule has 0 aliphatic carbocycles. The number of H-pyrrole nitrogens is 1. The predicted octanol–water partition coefficient (Wildman–Crippen LogP) is 2.93. The second-order valence-electron chi connectivity index (χ2n) is 2.18. The van der Waals surface area contributed by atoms with Crippen LogP contribution in [0.25, 0.3) is 10.9 Å². The maximum Gasteiger partial charge on any atom is 0.0662 e. The van der Waals surface area contributed by atoms with Crippen molar-refractivity contribution in [3.05, 3.63) is 26.6 Å². The van der Waals surface area contributed by atoms with Gasteiger partial charge >= 0.3 is 0 Å². The molecular weight excluding hydrogens is 319 g/mol. The number of hydrogen-bond acceptors (Lipinski definition) is 1. The zero-order chi connectivity index (χ0) is 7.84. The topological polar surface area (TPSA) is 28.7 Å². The summed E-state index contributed by atoms with van der Waals surface area (Å²) in [4.78, 5) is 7.17. The van der Waals surface area contributed by atoms with E-state index in [4.69, 9.17) is 0 Å². The van der Waals surface area contributed by atoms with Crippen molar-refractivity contribution in [2.24, 2.45) is 0 Å². The molecule has 0 unspecified atom stereocenters. The summed E-state index contributed by atoms with van der Waals surface area (Å²) in [6, 6.07) is 0. The van der Waals surface area contributed by atoms with Gasteiger partial charge in [-0.2, -0.15) is 0 Å². The standard InChI is InChI=1S/C7H4BrIN2/c8-4-1-10-3-6-7(4)5(9)2-11-6/h1-3,11H. The highest BCUT2D eigenvalue weighted by molar-refractivity contribution is 14.1. The van der Waals surface area contributed by atoms with Crippen LogP contribution in [0.3, 0.4) is 0 Å². The molecule has 1 N–H and O–H groups in total. The van der Waals surface area contributed by atoms with Crippen molar-refractivity contribution >= 4 is 49.4 Å². The van der Waals surface area contributed by atoms with E-state index in [2.05, 4.69) is 48.5 Å². The third kappa shape index (κ3) is 1.18. The van der Waals surface area contributed by atoms with Crippen molar-refractivity contribution < 1.29 is 0 Å². The molecule has 2 aromatic rings. The highest BCUT2D eigenvalue weighted by Gasteiger charge is 2.03. The fourth-order valence-corrected chi connectivity index (χ4v) is 2.65. The number of aromatic amines is 1. The second kappa shape index (κ2) is 2.75. The number of nitrogens with zero attached hydrogens (tertiary/aromatic N) is 1. The van der Waals surface area contributed by atoms with Crippen LogP contribution in [0.15, 0.2) is 23.1 Å². The largest absolute Gasteiger partial charge is 0.359 e. The van der Waals surface area contributed by atoms with Crippen molar-refractivity contribution in [2.75, 3.05) is 0 Å². The molecule has 0 aromatic carbocycles. The van der Waals surface area contributed by atoms with Gasteiger partial charge in [-0.3, -0.25) is 4.98 Å². The number of halogens is 2. The first-order chi connectivity index (χ1) is 5.29. The van der Waals surface area contributed by atoms with Crippen LogP contribution in [0.5, 0.6) is 0 Å². The molecule has 0 aliphatic heterocycles. The number of fused-ring (bicyclic) bond motifs is 1. The van der Waals surface area contributed by atoms with Crippen molar-refractivity contribution in [1.29, 1.82) is 0 Å². The average Bonchev–Trinajstić information content (AvgIpc) is 2.34. The summed E-state index contributed by atoms with van der Waals surface area (Å²) in [5.41, 5.74) is 1.07. The fourth-order valence-electron chi connectivity index (χ4n) is 1.00. The van der Waals surface area contributed by atoms with E-state index < -0.39 is 0 Å². The molecule has 0 bridgehead atoms. The van der Waals surface area contributed by atoms with Crippen LogP contribution >= 0.6 is 38.5 Å². The Bertz CT molecular complexity index is 396. The van der Waals surface area contributed by atoms with Crippen molar-refractivity contribution in [1.82, 2.24) is 9.97 Å². The molecule has 2 nitrogen and oxygen atoms in total. The first-order valence-corrected chi connectivity index (χ1v) is 4.92. The van der Waals surface area contributed by atoms with E-state index in [-0.39, 0.29) is 0 Å². The Labute approximate surface area is 85.7 Å². The van der Waals surface area contributed by atoms with Crippen LogP contribution in [0.4, 0.5) is 0 Å². The SMILES string of the molecule is Brc1cncc2[nH]cc(I)c12. The lowest BCUT2D eigenvalue weighted by Crippen LogP contribution is -1.74. The molecule has 11 heavy (non-hydrogen) atoms. The van der Waals surface area contributed by atoms with E-state index in [1.165, 1.54) is 8.96 Å². The smallest absolute Gasteiger partial charge is 0.0662 e. The Balaban J connectivity index is 2.96. The summed E-state index contributed by atoms with van der Waals surface area (Å²) in [5.74, 6) is 0. The van der Waals surface area contributed by atoms with Gasteiger partial charge in [0, 0.05) is 25.8 Å². The molecule has 0 atom stereocenters. The molecule has 56 valence electrons.